The normalized spacial score (nSPS) is 25.3. The lowest BCUT2D eigenvalue weighted by Crippen LogP contribution is -2.57. The van der Waals surface area contributed by atoms with Crippen LogP contribution >= 0.6 is 0 Å². The minimum Gasteiger partial charge on any atom is -0.349 e. The Morgan fingerprint density at radius 2 is 1.95 bits per heavy atom. The van der Waals surface area contributed by atoms with Crippen LogP contribution in [0.4, 0.5) is 0 Å². The molecule has 2 aliphatic carbocycles. The van der Waals surface area contributed by atoms with Crippen molar-refractivity contribution in [2.24, 2.45) is 23.0 Å². The number of amides is 1. The van der Waals surface area contributed by atoms with E-state index in [0.29, 0.717) is 18.4 Å². The van der Waals surface area contributed by atoms with Gasteiger partial charge in [0.1, 0.15) is 0 Å². The van der Waals surface area contributed by atoms with E-state index in [9.17, 15) is 4.79 Å². The maximum atomic E-state index is 12.8. The Balaban J connectivity index is 2.07. The monoisotopic (exact) mass is 266 g/mol. The summed E-state index contributed by atoms with van der Waals surface area (Å²) in [6.45, 7) is 7.12. The smallest absolute Gasteiger partial charge is 0.226 e. The van der Waals surface area contributed by atoms with Crippen molar-refractivity contribution < 1.29 is 4.79 Å². The molecule has 2 saturated carbocycles. The van der Waals surface area contributed by atoms with Gasteiger partial charge in [0.2, 0.25) is 5.91 Å². The lowest BCUT2D eigenvalue weighted by atomic mass is 9.77. The van der Waals surface area contributed by atoms with Gasteiger partial charge in [-0.2, -0.15) is 0 Å². The van der Waals surface area contributed by atoms with Gasteiger partial charge in [0.25, 0.3) is 0 Å². The van der Waals surface area contributed by atoms with E-state index in [-0.39, 0.29) is 16.9 Å². The van der Waals surface area contributed by atoms with E-state index in [1.165, 1.54) is 25.7 Å². The largest absolute Gasteiger partial charge is 0.349 e. The van der Waals surface area contributed by atoms with Crippen molar-refractivity contribution in [2.45, 2.75) is 71.3 Å². The van der Waals surface area contributed by atoms with Gasteiger partial charge in [-0.05, 0) is 50.9 Å². The number of hydrogen-bond donors (Lipinski definition) is 2. The zero-order chi connectivity index (χ0) is 14.1. The number of nitrogens with one attached hydrogen (secondary N) is 1. The predicted molar refractivity (Wildman–Crippen MR) is 78.7 cm³/mol. The highest BCUT2D eigenvalue weighted by molar-refractivity contribution is 5.83. The predicted octanol–water partition coefficient (Wildman–Crippen LogP) is 2.84. The summed E-state index contributed by atoms with van der Waals surface area (Å²) in [4.78, 5) is 12.8. The summed E-state index contributed by atoms with van der Waals surface area (Å²) < 4.78 is 0. The van der Waals surface area contributed by atoms with Crippen LogP contribution in [0.1, 0.15) is 65.7 Å². The molecule has 0 bridgehead atoms. The fourth-order valence-electron chi connectivity index (χ4n) is 3.79. The summed E-state index contributed by atoms with van der Waals surface area (Å²) in [5.74, 6) is 1.45. The molecule has 0 spiro atoms. The molecule has 3 nitrogen and oxygen atoms in total. The van der Waals surface area contributed by atoms with E-state index in [1.54, 1.807) is 0 Å². The summed E-state index contributed by atoms with van der Waals surface area (Å²) in [5, 5.41) is 3.33. The number of rotatable bonds is 6. The van der Waals surface area contributed by atoms with Crippen LogP contribution in [0.15, 0.2) is 0 Å². The minimum atomic E-state index is -0.177. The van der Waals surface area contributed by atoms with Crippen LogP contribution in [0.25, 0.3) is 0 Å². The first-order valence-electron chi connectivity index (χ1n) is 7.94. The van der Waals surface area contributed by atoms with Crippen LogP contribution in [0, 0.1) is 17.3 Å². The number of carbonyl (C=O) groups excluding carboxylic acids is 1. The third-order valence-corrected chi connectivity index (χ3v) is 5.14. The van der Waals surface area contributed by atoms with Gasteiger partial charge in [-0.3, -0.25) is 4.79 Å². The third kappa shape index (κ3) is 3.13. The molecule has 2 aliphatic rings. The van der Waals surface area contributed by atoms with Gasteiger partial charge in [0.15, 0.2) is 0 Å². The second-order valence-corrected chi connectivity index (χ2v) is 7.44. The first-order valence-corrected chi connectivity index (χ1v) is 7.94. The van der Waals surface area contributed by atoms with Crippen molar-refractivity contribution in [2.75, 3.05) is 6.54 Å². The Labute approximate surface area is 117 Å². The van der Waals surface area contributed by atoms with E-state index < -0.39 is 0 Å². The average molecular weight is 266 g/mol. The van der Waals surface area contributed by atoms with Gasteiger partial charge in [0.05, 0.1) is 5.54 Å². The number of nitrogens with two attached hydrogens (primary N) is 1. The molecule has 0 aromatic carbocycles. The highest BCUT2D eigenvalue weighted by Crippen LogP contribution is 2.45. The maximum Gasteiger partial charge on any atom is 0.226 e. The second kappa shape index (κ2) is 5.43. The van der Waals surface area contributed by atoms with Crippen LogP contribution in [0.2, 0.25) is 0 Å². The molecule has 1 atom stereocenters. The fraction of sp³-hybridized carbons (Fsp3) is 0.938. The Morgan fingerprint density at radius 3 is 2.37 bits per heavy atom. The van der Waals surface area contributed by atoms with Crippen LogP contribution in [-0.4, -0.2) is 18.0 Å². The van der Waals surface area contributed by atoms with Gasteiger partial charge in [-0.25, -0.2) is 0 Å². The Bertz CT molecular complexity index is 330. The Kier molecular flexibility index (Phi) is 4.24. The van der Waals surface area contributed by atoms with Crippen LogP contribution in [-0.2, 0) is 4.79 Å². The lowest BCUT2D eigenvalue weighted by molar-refractivity contribution is -0.133. The van der Waals surface area contributed by atoms with Gasteiger partial charge >= 0.3 is 0 Å². The molecule has 1 amide bonds. The molecular formula is C16H30N2O. The van der Waals surface area contributed by atoms with E-state index in [0.717, 1.165) is 19.3 Å². The van der Waals surface area contributed by atoms with Gasteiger partial charge in [0, 0.05) is 12.0 Å². The maximum absolute atomic E-state index is 12.8. The summed E-state index contributed by atoms with van der Waals surface area (Å²) in [6.07, 6.45) is 7.96. The van der Waals surface area contributed by atoms with Crippen molar-refractivity contribution in [1.82, 2.24) is 5.32 Å². The topological polar surface area (TPSA) is 55.1 Å². The average Bonchev–Trinajstić information content (AvgIpc) is 3.10. The number of hydrogen-bond acceptors (Lipinski definition) is 2. The molecule has 0 heterocycles. The molecule has 110 valence electrons. The lowest BCUT2D eigenvalue weighted by Gasteiger charge is -2.36. The molecule has 0 saturated heterocycles. The quantitative estimate of drug-likeness (QED) is 0.776. The summed E-state index contributed by atoms with van der Waals surface area (Å²) >= 11 is 0. The molecule has 19 heavy (non-hydrogen) atoms. The highest BCUT2D eigenvalue weighted by atomic mass is 16.2. The Hall–Kier alpha value is -0.570. The van der Waals surface area contributed by atoms with Gasteiger partial charge in [-0.1, -0.05) is 26.7 Å². The molecular weight excluding hydrogens is 236 g/mol. The van der Waals surface area contributed by atoms with Crippen molar-refractivity contribution in [3.8, 4) is 0 Å². The van der Waals surface area contributed by atoms with E-state index in [2.05, 4.69) is 26.1 Å². The van der Waals surface area contributed by atoms with Crippen molar-refractivity contribution >= 4 is 5.91 Å². The molecule has 3 heteroatoms. The van der Waals surface area contributed by atoms with Crippen molar-refractivity contribution in [1.29, 1.82) is 0 Å². The van der Waals surface area contributed by atoms with Crippen LogP contribution < -0.4 is 11.1 Å². The molecule has 2 rings (SSSR count). The van der Waals surface area contributed by atoms with E-state index in [1.807, 2.05) is 0 Å². The molecule has 0 aromatic heterocycles. The zero-order valence-electron chi connectivity index (χ0n) is 12.8. The minimum absolute atomic E-state index is 0.112. The summed E-state index contributed by atoms with van der Waals surface area (Å²) in [6, 6.07) is 0. The standard InChI is InChI=1S/C16H30N2O/c1-12(2)10-16(8-4-5-9-16)14(19)18-15(3,11-17)13-6-7-13/h12-13H,4-11,17H2,1-3H3,(H,18,19). The molecule has 3 N–H and O–H groups in total. The fourth-order valence-corrected chi connectivity index (χ4v) is 3.79. The molecule has 0 aliphatic heterocycles. The molecule has 2 fully saturated rings. The van der Waals surface area contributed by atoms with Gasteiger partial charge < -0.3 is 11.1 Å². The SMILES string of the molecule is CC(C)CC1(C(=O)NC(C)(CN)C2CC2)CCCC1. The van der Waals surface area contributed by atoms with Crippen LogP contribution in [0.3, 0.4) is 0 Å². The van der Waals surface area contributed by atoms with E-state index in [4.69, 9.17) is 5.73 Å². The van der Waals surface area contributed by atoms with Crippen molar-refractivity contribution in [3.63, 3.8) is 0 Å². The first-order chi connectivity index (χ1) is 8.92. The van der Waals surface area contributed by atoms with Crippen molar-refractivity contribution in [3.05, 3.63) is 0 Å². The number of carbonyl (C=O) groups is 1. The molecule has 1 unspecified atom stereocenters. The summed E-state index contributed by atoms with van der Waals surface area (Å²) in [5.41, 5.74) is 5.64. The first kappa shape index (κ1) is 14.8. The molecule has 0 radical (unpaired) electrons. The second-order valence-electron chi connectivity index (χ2n) is 7.44. The zero-order valence-corrected chi connectivity index (χ0v) is 12.8. The highest BCUT2D eigenvalue weighted by Gasteiger charge is 2.47. The van der Waals surface area contributed by atoms with Gasteiger partial charge in [-0.15, -0.1) is 0 Å². The summed E-state index contributed by atoms with van der Waals surface area (Å²) in [7, 11) is 0. The third-order valence-electron chi connectivity index (χ3n) is 5.14. The Morgan fingerprint density at radius 1 is 1.37 bits per heavy atom. The molecule has 0 aromatic rings. The van der Waals surface area contributed by atoms with E-state index >= 15 is 0 Å². The van der Waals surface area contributed by atoms with Crippen LogP contribution in [0.5, 0.6) is 0 Å².